The zero-order valence-electron chi connectivity index (χ0n) is 15.3. The minimum atomic E-state index is 0. The third kappa shape index (κ3) is 6.01. The number of piperidine rings is 1. The predicted octanol–water partition coefficient (Wildman–Crippen LogP) is 2.49. The minimum absolute atomic E-state index is 0. The monoisotopic (exact) mass is 472 g/mol. The molecule has 0 aliphatic carbocycles. The Labute approximate surface area is 172 Å². The SMILES string of the molecule is CN=C(NCCn1ccnc1)NCC(c1ccco1)N1CCCCC1.I. The number of hydrogen-bond acceptors (Lipinski definition) is 4. The summed E-state index contributed by atoms with van der Waals surface area (Å²) in [5.74, 6) is 1.83. The van der Waals surface area contributed by atoms with Crippen molar-refractivity contribution >= 4 is 29.9 Å². The average molecular weight is 472 g/mol. The zero-order chi connectivity index (χ0) is 17.3. The molecule has 1 unspecified atom stereocenters. The first-order valence-corrected chi connectivity index (χ1v) is 9.04. The van der Waals surface area contributed by atoms with Crippen molar-refractivity contribution in [3.05, 3.63) is 42.9 Å². The van der Waals surface area contributed by atoms with Crippen LogP contribution in [0.5, 0.6) is 0 Å². The molecular weight excluding hydrogens is 443 g/mol. The molecule has 1 atom stereocenters. The lowest BCUT2D eigenvalue weighted by Crippen LogP contribution is -2.45. The van der Waals surface area contributed by atoms with Crippen LogP contribution in [0, 0.1) is 0 Å². The van der Waals surface area contributed by atoms with E-state index in [1.807, 2.05) is 23.2 Å². The van der Waals surface area contributed by atoms with Gasteiger partial charge in [-0.25, -0.2) is 4.98 Å². The highest BCUT2D eigenvalue weighted by Gasteiger charge is 2.24. The van der Waals surface area contributed by atoms with E-state index in [2.05, 4.69) is 31.6 Å². The van der Waals surface area contributed by atoms with Crippen molar-refractivity contribution in [3.8, 4) is 0 Å². The van der Waals surface area contributed by atoms with Crippen LogP contribution in [0.15, 0.2) is 46.5 Å². The molecule has 1 saturated heterocycles. The van der Waals surface area contributed by atoms with Crippen LogP contribution in [0.1, 0.15) is 31.1 Å². The zero-order valence-corrected chi connectivity index (χ0v) is 17.6. The summed E-state index contributed by atoms with van der Waals surface area (Å²) in [7, 11) is 1.80. The quantitative estimate of drug-likeness (QED) is 0.368. The molecule has 0 spiro atoms. The first kappa shape index (κ1) is 20.8. The maximum absolute atomic E-state index is 5.69. The van der Waals surface area contributed by atoms with Gasteiger partial charge in [-0.2, -0.15) is 0 Å². The number of nitrogens with one attached hydrogen (secondary N) is 2. The van der Waals surface area contributed by atoms with Crippen molar-refractivity contribution in [2.24, 2.45) is 4.99 Å². The molecule has 3 heterocycles. The molecule has 2 aromatic heterocycles. The average Bonchev–Trinajstić information content (AvgIpc) is 3.35. The number of furan rings is 1. The summed E-state index contributed by atoms with van der Waals surface area (Å²) in [5.41, 5.74) is 0. The second-order valence-electron chi connectivity index (χ2n) is 6.31. The summed E-state index contributed by atoms with van der Waals surface area (Å²) in [6.07, 6.45) is 11.2. The van der Waals surface area contributed by atoms with Crippen LogP contribution in [0.3, 0.4) is 0 Å². The lowest BCUT2D eigenvalue weighted by Gasteiger charge is -2.33. The van der Waals surface area contributed by atoms with Crippen molar-refractivity contribution in [2.45, 2.75) is 31.8 Å². The summed E-state index contributed by atoms with van der Waals surface area (Å²) >= 11 is 0. The Morgan fingerprint density at radius 3 is 2.81 bits per heavy atom. The van der Waals surface area contributed by atoms with Gasteiger partial charge in [-0.3, -0.25) is 9.89 Å². The number of imidazole rings is 1. The Morgan fingerprint density at radius 1 is 1.31 bits per heavy atom. The molecule has 0 radical (unpaired) electrons. The minimum Gasteiger partial charge on any atom is -0.468 e. The van der Waals surface area contributed by atoms with Crippen molar-refractivity contribution in [3.63, 3.8) is 0 Å². The highest BCUT2D eigenvalue weighted by molar-refractivity contribution is 14.0. The maximum atomic E-state index is 5.69. The Hall–Kier alpha value is -1.55. The van der Waals surface area contributed by atoms with Gasteiger partial charge >= 0.3 is 0 Å². The van der Waals surface area contributed by atoms with E-state index in [9.17, 15) is 0 Å². The number of rotatable bonds is 7. The molecule has 2 aromatic rings. The second kappa shape index (κ2) is 11.2. The van der Waals surface area contributed by atoms with Crippen molar-refractivity contribution < 1.29 is 4.42 Å². The normalized spacial score (nSPS) is 16.7. The molecule has 7 nitrogen and oxygen atoms in total. The number of aromatic nitrogens is 2. The van der Waals surface area contributed by atoms with Gasteiger partial charge in [-0.1, -0.05) is 6.42 Å². The molecule has 0 amide bonds. The first-order valence-electron chi connectivity index (χ1n) is 9.04. The predicted molar refractivity (Wildman–Crippen MR) is 114 cm³/mol. The van der Waals surface area contributed by atoms with E-state index in [0.717, 1.165) is 44.4 Å². The Balaban J connectivity index is 0.00000243. The van der Waals surface area contributed by atoms with Crippen molar-refractivity contribution in [1.29, 1.82) is 0 Å². The van der Waals surface area contributed by atoms with Gasteiger partial charge in [0.15, 0.2) is 5.96 Å². The highest BCUT2D eigenvalue weighted by atomic mass is 127. The van der Waals surface area contributed by atoms with Gasteiger partial charge < -0.3 is 19.6 Å². The summed E-state index contributed by atoms with van der Waals surface area (Å²) < 4.78 is 7.73. The molecule has 26 heavy (non-hydrogen) atoms. The van der Waals surface area contributed by atoms with Gasteiger partial charge in [0.05, 0.1) is 18.6 Å². The van der Waals surface area contributed by atoms with Crippen LogP contribution in [0.4, 0.5) is 0 Å². The summed E-state index contributed by atoms with van der Waals surface area (Å²) in [5, 5.41) is 6.80. The van der Waals surface area contributed by atoms with E-state index in [-0.39, 0.29) is 30.0 Å². The van der Waals surface area contributed by atoms with E-state index in [4.69, 9.17) is 4.42 Å². The van der Waals surface area contributed by atoms with E-state index in [1.54, 1.807) is 19.5 Å². The van der Waals surface area contributed by atoms with Crippen LogP contribution in [0.2, 0.25) is 0 Å². The molecule has 1 aliphatic rings. The van der Waals surface area contributed by atoms with E-state index >= 15 is 0 Å². The number of likely N-dealkylation sites (tertiary alicyclic amines) is 1. The number of nitrogens with zero attached hydrogens (tertiary/aromatic N) is 4. The highest BCUT2D eigenvalue weighted by Crippen LogP contribution is 2.24. The second-order valence-corrected chi connectivity index (χ2v) is 6.31. The van der Waals surface area contributed by atoms with Gasteiger partial charge in [-0.15, -0.1) is 24.0 Å². The van der Waals surface area contributed by atoms with E-state index in [1.165, 1.54) is 19.3 Å². The number of halogens is 1. The largest absolute Gasteiger partial charge is 0.468 e. The van der Waals surface area contributed by atoms with Crippen molar-refractivity contribution in [2.75, 3.05) is 33.2 Å². The van der Waals surface area contributed by atoms with Crippen molar-refractivity contribution in [1.82, 2.24) is 25.1 Å². The Bertz CT molecular complexity index is 622. The fraction of sp³-hybridized carbons (Fsp3) is 0.556. The molecule has 2 N–H and O–H groups in total. The summed E-state index contributed by atoms with van der Waals surface area (Å²) in [4.78, 5) is 10.9. The molecule has 1 aliphatic heterocycles. The van der Waals surface area contributed by atoms with Crippen LogP contribution < -0.4 is 10.6 Å². The van der Waals surface area contributed by atoms with Crippen LogP contribution in [-0.2, 0) is 6.54 Å². The molecule has 1 fully saturated rings. The Kier molecular flexibility index (Phi) is 8.96. The Morgan fingerprint density at radius 2 is 2.15 bits per heavy atom. The topological polar surface area (TPSA) is 70.6 Å². The van der Waals surface area contributed by atoms with Gasteiger partial charge in [0.2, 0.25) is 0 Å². The molecule has 0 aromatic carbocycles. The lowest BCUT2D eigenvalue weighted by molar-refractivity contribution is 0.146. The van der Waals surface area contributed by atoms with E-state index < -0.39 is 0 Å². The summed E-state index contributed by atoms with van der Waals surface area (Å²) in [6, 6.07) is 4.27. The molecule has 144 valence electrons. The van der Waals surface area contributed by atoms with E-state index in [0.29, 0.717) is 0 Å². The molecule has 3 rings (SSSR count). The van der Waals surface area contributed by atoms with Crippen LogP contribution in [0.25, 0.3) is 0 Å². The fourth-order valence-electron chi connectivity index (χ4n) is 3.26. The third-order valence-corrected chi connectivity index (χ3v) is 4.61. The first-order chi connectivity index (χ1) is 12.4. The lowest BCUT2D eigenvalue weighted by atomic mass is 10.1. The smallest absolute Gasteiger partial charge is 0.191 e. The fourth-order valence-corrected chi connectivity index (χ4v) is 3.26. The molecule has 8 heteroatoms. The van der Waals surface area contributed by atoms with Gasteiger partial charge in [0.1, 0.15) is 5.76 Å². The summed E-state index contributed by atoms with van der Waals surface area (Å²) in [6.45, 7) is 4.68. The van der Waals surface area contributed by atoms with Gasteiger partial charge in [0.25, 0.3) is 0 Å². The standard InChI is InChI=1S/C18H28N6O.HI/c1-19-18(21-8-12-23-11-7-20-15-23)22-14-16(17-6-5-13-25-17)24-9-3-2-4-10-24;/h5-7,11,13,15-16H,2-4,8-10,12,14H2,1H3,(H2,19,21,22);1H. The van der Waals surface area contributed by atoms with Crippen LogP contribution in [-0.4, -0.2) is 53.6 Å². The molecule has 0 bridgehead atoms. The number of hydrogen-bond donors (Lipinski definition) is 2. The maximum Gasteiger partial charge on any atom is 0.191 e. The van der Waals surface area contributed by atoms with Crippen LogP contribution >= 0.6 is 24.0 Å². The number of aliphatic imine (C=N–C) groups is 1. The van der Waals surface area contributed by atoms with Gasteiger partial charge in [-0.05, 0) is 38.1 Å². The number of guanidine groups is 1. The molecular formula is C18H29IN6O. The molecule has 0 saturated carbocycles. The third-order valence-electron chi connectivity index (χ3n) is 4.61. The van der Waals surface area contributed by atoms with Gasteiger partial charge in [0, 0.05) is 39.1 Å².